The van der Waals surface area contributed by atoms with Gasteiger partial charge in [0, 0.05) is 49.4 Å². The number of rotatable bonds is 6. The second-order valence-corrected chi connectivity index (χ2v) is 19.5. The Labute approximate surface area is 371 Å². The van der Waals surface area contributed by atoms with Crippen LogP contribution >= 0.6 is 0 Å². The lowest BCUT2D eigenvalue weighted by molar-refractivity contribution is 0.443. The van der Waals surface area contributed by atoms with Gasteiger partial charge in [-0.3, -0.25) is 0 Å². The lowest BCUT2D eigenvalue weighted by Gasteiger charge is -2.22. The van der Waals surface area contributed by atoms with Crippen molar-refractivity contribution in [3.63, 3.8) is 0 Å². The summed E-state index contributed by atoms with van der Waals surface area (Å²) < 4.78 is 7.86. The SMILES string of the molecule is c1ccc2c(c1)c1c(c3c4ccccc4n(-c4ccc(C5CCCCC5)cc4)c3c3c4ccccc4n(-c4ccc(C5CCCCC5)cc4)c13)n2-c1ccc(C2CCCCC2)cc1. The van der Waals surface area contributed by atoms with Crippen LogP contribution in [-0.4, -0.2) is 13.7 Å². The average molecular weight is 820 g/mol. The highest BCUT2D eigenvalue weighted by atomic mass is 15.0. The summed E-state index contributed by atoms with van der Waals surface area (Å²) in [5.74, 6) is 2.00. The van der Waals surface area contributed by atoms with E-state index in [4.69, 9.17) is 0 Å². The molecule has 10 aromatic rings. The zero-order chi connectivity index (χ0) is 41.4. The molecular weight excluding hydrogens is 763 g/mol. The molecule has 0 amide bonds. The molecular formula is C60H57N3. The molecule has 3 aromatic heterocycles. The van der Waals surface area contributed by atoms with Gasteiger partial charge in [0.2, 0.25) is 0 Å². The highest BCUT2D eigenvalue weighted by Gasteiger charge is 2.29. The molecule has 63 heavy (non-hydrogen) atoms. The molecule has 3 fully saturated rings. The Bertz CT molecular complexity index is 2910. The molecule has 312 valence electrons. The Kier molecular flexibility index (Phi) is 9.12. The largest absolute Gasteiger partial charge is 0.308 e. The maximum Gasteiger partial charge on any atom is 0.0663 e. The van der Waals surface area contributed by atoms with E-state index in [9.17, 15) is 0 Å². The van der Waals surface area contributed by atoms with Gasteiger partial charge >= 0.3 is 0 Å². The molecule has 3 heterocycles. The molecule has 0 aliphatic heterocycles. The highest BCUT2D eigenvalue weighted by molar-refractivity contribution is 6.40. The number of hydrogen-bond donors (Lipinski definition) is 0. The van der Waals surface area contributed by atoms with Crippen LogP contribution in [0, 0.1) is 0 Å². The summed E-state index contributed by atoms with van der Waals surface area (Å²) in [6, 6.07) is 56.9. The van der Waals surface area contributed by atoms with Crippen LogP contribution in [0.3, 0.4) is 0 Å². The van der Waals surface area contributed by atoms with E-state index in [1.807, 2.05) is 0 Å². The minimum absolute atomic E-state index is 0.667. The molecule has 0 spiro atoms. The molecule has 3 nitrogen and oxygen atoms in total. The summed E-state index contributed by atoms with van der Waals surface area (Å²) in [7, 11) is 0. The van der Waals surface area contributed by atoms with Gasteiger partial charge in [-0.2, -0.15) is 0 Å². The van der Waals surface area contributed by atoms with E-state index >= 15 is 0 Å². The van der Waals surface area contributed by atoms with E-state index in [2.05, 4.69) is 159 Å². The fraction of sp³-hybridized carbons (Fsp3) is 0.300. The monoisotopic (exact) mass is 819 g/mol. The minimum atomic E-state index is 0.667. The van der Waals surface area contributed by atoms with Crippen LogP contribution in [0.4, 0.5) is 0 Å². The van der Waals surface area contributed by atoms with Crippen molar-refractivity contribution in [2.24, 2.45) is 0 Å². The first-order chi connectivity index (χ1) is 31.3. The Morgan fingerprint density at radius 1 is 0.270 bits per heavy atom. The maximum absolute atomic E-state index is 2.62. The van der Waals surface area contributed by atoms with Crippen molar-refractivity contribution in [3.05, 3.63) is 162 Å². The number of nitrogens with zero attached hydrogens (tertiary/aromatic N) is 3. The summed E-state index contributed by atoms with van der Waals surface area (Å²) in [5, 5.41) is 7.87. The molecule has 3 heteroatoms. The zero-order valence-electron chi connectivity index (χ0n) is 36.5. The predicted molar refractivity (Wildman–Crippen MR) is 267 cm³/mol. The van der Waals surface area contributed by atoms with Crippen molar-refractivity contribution in [1.82, 2.24) is 13.7 Å². The van der Waals surface area contributed by atoms with Crippen LogP contribution < -0.4 is 0 Å². The summed E-state index contributed by atoms with van der Waals surface area (Å²) >= 11 is 0. The second kappa shape index (κ2) is 15.3. The average Bonchev–Trinajstić information content (AvgIpc) is 4.01. The second-order valence-electron chi connectivity index (χ2n) is 19.5. The van der Waals surface area contributed by atoms with Gasteiger partial charge < -0.3 is 13.7 Å². The van der Waals surface area contributed by atoms with Crippen molar-refractivity contribution < 1.29 is 0 Å². The van der Waals surface area contributed by atoms with Crippen molar-refractivity contribution >= 4 is 65.4 Å². The third-order valence-electron chi connectivity index (χ3n) is 16.0. The van der Waals surface area contributed by atoms with Gasteiger partial charge in [0.25, 0.3) is 0 Å². The Morgan fingerprint density at radius 3 is 0.794 bits per heavy atom. The van der Waals surface area contributed by atoms with Crippen molar-refractivity contribution in [2.45, 2.75) is 114 Å². The van der Waals surface area contributed by atoms with E-state index in [0.29, 0.717) is 17.8 Å². The van der Waals surface area contributed by atoms with Gasteiger partial charge in [-0.1, -0.05) is 149 Å². The van der Waals surface area contributed by atoms with E-state index in [0.717, 1.165) is 0 Å². The summed E-state index contributed by atoms with van der Waals surface area (Å²) in [4.78, 5) is 0. The summed E-state index contributed by atoms with van der Waals surface area (Å²) in [6.07, 6.45) is 20.0. The Hall–Kier alpha value is -6.06. The lowest BCUT2D eigenvalue weighted by atomic mass is 9.84. The first kappa shape index (κ1) is 37.5. The highest BCUT2D eigenvalue weighted by Crippen LogP contribution is 2.50. The standard InChI is InChI=1S/C60H57N3/c1-4-16-40(17-5-1)43-28-34-46(35-29-43)61-52-25-13-10-22-49(52)55-58(61)56-50-23-11-14-26-53(50)62(47-36-30-44(31-37-47)41-18-6-2-7-19-41)60(56)57-51-24-12-15-27-54(51)63(59(55)57)48-38-32-45(33-39-48)42-20-8-3-9-21-42/h10-15,22-42H,1-9,16-21H2. The van der Waals surface area contributed by atoms with Crippen LogP contribution in [-0.2, 0) is 0 Å². The van der Waals surface area contributed by atoms with Crippen LogP contribution in [0.2, 0.25) is 0 Å². The summed E-state index contributed by atoms with van der Waals surface area (Å²) in [5.41, 5.74) is 15.8. The Morgan fingerprint density at radius 2 is 0.524 bits per heavy atom. The molecule has 0 saturated heterocycles. The van der Waals surface area contributed by atoms with E-state index in [1.54, 1.807) is 0 Å². The van der Waals surface area contributed by atoms with E-state index in [-0.39, 0.29) is 0 Å². The maximum atomic E-state index is 2.62. The quantitative estimate of drug-likeness (QED) is 0.159. The molecule has 3 aliphatic rings. The van der Waals surface area contributed by atoms with Crippen LogP contribution in [0.5, 0.6) is 0 Å². The summed E-state index contributed by atoms with van der Waals surface area (Å²) in [6.45, 7) is 0. The van der Waals surface area contributed by atoms with Crippen LogP contribution in [0.25, 0.3) is 82.5 Å². The molecule has 7 aromatic carbocycles. The van der Waals surface area contributed by atoms with Gasteiger partial charge in [-0.25, -0.2) is 0 Å². The topological polar surface area (TPSA) is 14.8 Å². The Balaban J connectivity index is 1.17. The zero-order valence-corrected chi connectivity index (χ0v) is 36.5. The molecule has 0 N–H and O–H groups in total. The number of para-hydroxylation sites is 3. The van der Waals surface area contributed by atoms with Crippen molar-refractivity contribution in [3.8, 4) is 17.1 Å². The smallest absolute Gasteiger partial charge is 0.0663 e. The molecule has 13 rings (SSSR count). The molecule has 0 atom stereocenters. The predicted octanol–water partition coefficient (Wildman–Crippen LogP) is 17.1. The van der Waals surface area contributed by atoms with E-state index in [1.165, 1.54) is 195 Å². The number of benzene rings is 7. The minimum Gasteiger partial charge on any atom is -0.308 e. The normalized spacial score (nSPS) is 17.3. The fourth-order valence-electron chi connectivity index (χ4n) is 12.9. The number of fused-ring (bicyclic) bond motifs is 12. The van der Waals surface area contributed by atoms with Gasteiger partial charge in [0.05, 0.1) is 33.1 Å². The fourth-order valence-corrected chi connectivity index (χ4v) is 12.9. The van der Waals surface area contributed by atoms with Crippen LogP contribution in [0.15, 0.2) is 146 Å². The molecule has 3 aliphatic carbocycles. The number of aromatic nitrogens is 3. The van der Waals surface area contributed by atoms with Gasteiger partial charge in [-0.15, -0.1) is 0 Å². The van der Waals surface area contributed by atoms with Crippen molar-refractivity contribution in [1.29, 1.82) is 0 Å². The third kappa shape index (κ3) is 5.98. The van der Waals surface area contributed by atoms with E-state index < -0.39 is 0 Å². The number of hydrogen-bond acceptors (Lipinski definition) is 0. The third-order valence-corrected chi connectivity index (χ3v) is 16.0. The van der Waals surface area contributed by atoms with Crippen LogP contribution in [0.1, 0.15) is 131 Å². The van der Waals surface area contributed by atoms with Gasteiger partial charge in [0.1, 0.15) is 0 Å². The first-order valence-electron chi connectivity index (χ1n) is 24.5. The first-order valence-corrected chi connectivity index (χ1v) is 24.5. The molecule has 0 radical (unpaired) electrons. The lowest BCUT2D eigenvalue weighted by Crippen LogP contribution is -2.05. The van der Waals surface area contributed by atoms with Gasteiger partial charge in [-0.05, 0) is 128 Å². The molecule has 0 unspecified atom stereocenters. The molecule has 3 saturated carbocycles. The van der Waals surface area contributed by atoms with Gasteiger partial charge in [0.15, 0.2) is 0 Å². The van der Waals surface area contributed by atoms with Crippen molar-refractivity contribution in [2.75, 3.05) is 0 Å². The molecule has 0 bridgehead atoms.